The largest absolute Gasteiger partial charge is 0.434 e. The molecule has 0 saturated heterocycles. The van der Waals surface area contributed by atoms with E-state index in [0.717, 1.165) is 12.1 Å². The number of anilines is 1. The molecule has 17 heavy (non-hydrogen) atoms. The van der Waals surface area contributed by atoms with E-state index >= 15 is 0 Å². The van der Waals surface area contributed by atoms with Crippen LogP contribution in [0.25, 0.3) is 0 Å². The first kappa shape index (κ1) is 13.6. The summed E-state index contributed by atoms with van der Waals surface area (Å²) >= 11 is 0. The second kappa shape index (κ2) is 4.10. The predicted molar refractivity (Wildman–Crippen MR) is 49.1 cm³/mol. The third-order valence-corrected chi connectivity index (χ3v) is 2.01. The molecule has 0 saturated carbocycles. The normalized spacial score (nSPS) is 13.6. The molecule has 0 heterocycles. The first-order chi connectivity index (χ1) is 7.58. The van der Waals surface area contributed by atoms with Crippen LogP contribution in [0.2, 0.25) is 0 Å². The van der Waals surface area contributed by atoms with E-state index in [-0.39, 0.29) is 5.69 Å². The molecule has 0 radical (unpaired) electrons. The van der Waals surface area contributed by atoms with Crippen molar-refractivity contribution in [1.82, 2.24) is 0 Å². The summed E-state index contributed by atoms with van der Waals surface area (Å²) in [6, 6.07) is 6.13. The third kappa shape index (κ3) is 2.63. The van der Waals surface area contributed by atoms with Gasteiger partial charge in [-0.3, -0.25) is 5.73 Å². The highest BCUT2D eigenvalue weighted by Gasteiger charge is 2.69. The fourth-order valence-corrected chi connectivity index (χ4v) is 1.05. The van der Waals surface area contributed by atoms with Gasteiger partial charge >= 0.3 is 12.4 Å². The molecule has 2 nitrogen and oxygen atoms in total. The van der Waals surface area contributed by atoms with Gasteiger partial charge in [-0.2, -0.15) is 26.3 Å². The molecule has 1 aromatic rings. The van der Waals surface area contributed by atoms with Crippen LogP contribution in [0.15, 0.2) is 30.3 Å². The molecule has 0 aliphatic rings. The zero-order chi connectivity index (χ0) is 13.3. The minimum absolute atomic E-state index is 0.371. The number of alkyl halides is 6. The Morgan fingerprint density at radius 1 is 0.824 bits per heavy atom. The van der Waals surface area contributed by atoms with Crippen molar-refractivity contribution >= 4 is 5.69 Å². The van der Waals surface area contributed by atoms with E-state index < -0.39 is 18.0 Å². The molecular weight excluding hydrogens is 250 g/mol. The van der Waals surface area contributed by atoms with Crippen molar-refractivity contribution in [2.45, 2.75) is 18.0 Å². The quantitative estimate of drug-likeness (QED) is 0.632. The van der Waals surface area contributed by atoms with Gasteiger partial charge in [0.15, 0.2) is 0 Å². The number of para-hydroxylation sites is 1. The minimum atomic E-state index is -5.67. The third-order valence-electron chi connectivity index (χ3n) is 2.01. The van der Waals surface area contributed by atoms with Gasteiger partial charge in [-0.05, 0) is 12.1 Å². The number of hydrogen-bond donors (Lipinski definition) is 2. The molecule has 0 atom stereocenters. The number of rotatable bonds is 2. The summed E-state index contributed by atoms with van der Waals surface area (Å²) in [4.78, 5) is 0. The molecule has 0 unspecified atom stereocenters. The van der Waals surface area contributed by atoms with Gasteiger partial charge in [0.25, 0.3) is 5.66 Å². The van der Waals surface area contributed by atoms with Gasteiger partial charge < -0.3 is 5.32 Å². The second-order valence-electron chi connectivity index (χ2n) is 3.29. The summed E-state index contributed by atoms with van der Waals surface area (Å²) in [6.07, 6.45) is -11.3. The lowest BCUT2D eigenvalue weighted by molar-refractivity contribution is -0.286. The van der Waals surface area contributed by atoms with Crippen LogP contribution >= 0.6 is 0 Å². The molecule has 0 amide bonds. The highest BCUT2D eigenvalue weighted by Crippen LogP contribution is 2.41. The van der Waals surface area contributed by atoms with Crippen molar-refractivity contribution < 1.29 is 26.3 Å². The molecular formula is C9H8F6N2. The zero-order valence-electron chi connectivity index (χ0n) is 8.23. The summed E-state index contributed by atoms with van der Waals surface area (Å²) in [5, 5.41) is 1.26. The van der Waals surface area contributed by atoms with E-state index in [1.807, 2.05) is 0 Å². The maximum Gasteiger partial charge on any atom is 0.434 e. The maximum absolute atomic E-state index is 12.4. The van der Waals surface area contributed by atoms with Crippen LogP contribution in [0.1, 0.15) is 0 Å². The first-order valence-corrected chi connectivity index (χ1v) is 4.33. The van der Waals surface area contributed by atoms with Crippen LogP contribution in [0, 0.1) is 0 Å². The topological polar surface area (TPSA) is 38.0 Å². The first-order valence-electron chi connectivity index (χ1n) is 4.33. The molecule has 0 aliphatic carbocycles. The average Bonchev–Trinajstić information content (AvgIpc) is 2.15. The van der Waals surface area contributed by atoms with Crippen molar-refractivity contribution in [3.05, 3.63) is 30.3 Å². The Kier molecular flexibility index (Phi) is 3.28. The van der Waals surface area contributed by atoms with Gasteiger partial charge in [0.05, 0.1) is 0 Å². The Balaban J connectivity index is 3.11. The molecule has 0 fully saturated rings. The highest BCUT2D eigenvalue weighted by atomic mass is 19.4. The highest BCUT2D eigenvalue weighted by molar-refractivity contribution is 5.46. The standard InChI is InChI=1S/C9H8F6N2/c10-8(11,12)7(16,9(13,14)15)17-6-4-2-1-3-5-6/h1-5,17H,16H2. The smallest absolute Gasteiger partial charge is 0.352 e. The zero-order valence-corrected chi connectivity index (χ0v) is 8.23. The minimum Gasteiger partial charge on any atom is -0.352 e. The van der Waals surface area contributed by atoms with Gasteiger partial charge in [0.1, 0.15) is 0 Å². The maximum atomic E-state index is 12.4. The lowest BCUT2D eigenvalue weighted by Crippen LogP contribution is -2.68. The summed E-state index contributed by atoms with van der Waals surface area (Å²) in [5.74, 6) is 0. The monoisotopic (exact) mass is 258 g/mol. The van der Waals surface area contributed by atoms with Crippen molar-refractivity contribution in [2.24, 2.45) is 5.73 Å². The van der Waals surface area contributed by atoms with E-state index in [1.165, 1.54) is 23.5 Å². The lowest BCUT2D eigenvalue weighted by atomic mass is 10.1. The Hall–Kier alpha value is -1.44. The fourth-order valence-electron chi connectivity index (χ4n) is 1.05. The Labute approximate surface area is 92.4 Å². The average molecular weight is 258 g/mol. The van der Waals surface area contributed by atoms with Crippen molar-refractivity contribution in [3.63, 3.8) is 0 Å². The summed E-state index contributed by atoms with van der Waals surface area (Å²) in [5.41, 5.74) is -0.419. The van der Waals surface area contributed by atoms with Crippen molar-refractivity contribution in [2.75, 3.05) is 5.32 Å². The van der Waals surface area contributed by atoms with Gasteiger partial charge in [-0.25, -0.2) is 0 Å². The van der Waals surface area contributed by atoms with E-state index in [2.05, 4.69) is 5.73 Å². The number of nitrogens with two attached hydrogens (primary N) is 1. The van der Waals surface area contributed by atoms with Gasteiger partial charge in [-0.15, -0.1) is 0 Å². The molecule has 0 aromatic heterocycles. The second-order valence-corrected chi connectivity index (χ2v) is 3.29. The molecule has 96 valence electrons. The van der Waals surface area contributed by atoms with E-state index in [1.54, 1.807) is 0 Å². The molecule has 1 rings (SSSR count). The Bertz CT molecular complexity index is 355. The van der Waals surface area contributed by atoms with Crippen LogP contribution in [-0.4, -0.2) is 18.0 Å². The molecule has 3 N–H and O–H groups in total. The number of nitrogens with one attached hydrogen (secondary N) is 1. The van der Waals surface area contributed by atoms with E-state index in [0.29, 0.717) is 0 Å². The predicted octanol–water partition coefficient (Wildman–Crippen LogP) is 2.88. The van der Waals surface area contributed by atoms with Crippen LogP contribution in [0.4, 0.5) is 32.0 Å². The van der Waals surface area contributed by atoms with Crippen LogP contribution < -0.4 is 11.1 Å². The molecule has 1 aromatic carbocycles. The SMILES string of the molecule is NC(Nc1ccccc1)(C(F)(F)F)C(F)(F)F. The Morgan fingerprint density at radius 2 is 1.24 bits per heavy atom. The summed E-state index contributed by atoms with van der Waals surface area (Å²) in [6.45, 7) is 0. The van der Waals surface area contributed by atoms with Crippen LogP contribution in [0.5, 0.6) is 0 Å². The van der Waals surface area contributed by atoms with Crippen molar-refractivity contribution in [1.29, 1.82) is 0 Å². The van der Waals surface area contributed by atoms with Crippen LogP contribution in [-0.2, 0) is 0 Å². The lowest BCUT2D eigenvalue weighted by Gasteiger charge is -2.34. The molecule has 8 heteroatoms. The molecule has 0 spiro atoms. The fraction of sp³-hybridized carbons (Fsp3) is 0.333. The number of halogens is 6. The van der Waals surface area contributed by atoms with Gasteiger partial charge in [-0.1, -0.05) is 18.2 Å². The number of benzene rings is 1. The van der Waals surface area contributed by atoms with Gasteiger partial charge in [0.2, 0.25) is 0 Å². The summed E-state index contributed by atoms with van der Waals surface area (Å²) in [7, 11) is 0. The van der Waals surface area contributed by atoms with Crippen molar-refractivity contribution in [3.8, 4) is 0 Å². The number of hydrogen-bond acceptors (Lipinski definition) is 2. The van der Waals surface area contributed by atoms with E-state index in [4.69, 9.17) is 0 Å². The van der Waals surface area contributed by atoms with Gasteiger partial charge in [0, 0.05) is 5.69 Å². The van der Waals surface area contributed by atoms with E-state index in [9.17, 15) is 26.3 Å². The van der Waals surface area contributed by atoms with Crippen LogP contribution in [0.3, 0.4) is 0 Å². The molecule has 0 bridgehead atoms. The summed E-state index contributed by atoms with van der Waals surface area (Å²) < 4.78 is 74.3. The Morgan fingerprint density at radius 3 is 1.59 bits per heavy atom. The molecule has 0 aliphatic heterocycles.